The summed E-state index contributed by atoms with van der Waals surface area (Å²) in [6.45, 7) is 8.32. The van der Waals surface area contributed by atoms with Crippen LogP contribution >= 0.6 is 0 Å². The average Bonchev–Trinajstić information content (AvgIpc) is 3.28. The molecule has 1 atom stereocenters. The highest BCUT2D eigenvalue weighted by Crippen LogP contribution is 2.32. The Hall–Kier alpha value is -2.99. The number of hydrogen-bond donors (Lipinski definition) is 1. The van der Waals surface area contributed by atoms with Crippen LogP contribution in [0.4, 0.5) is 0 Å². The number of hydrogen-bond acceptors (Lipinski definition) is 4. The van der Waals surface area contributed by atoms with E-state index in [1.165, 1.54) is 29.5 Å². The first-order chi connectivity index (χ1) is 18.5. The standard InChI is InChI=1S/C32H43N3O3/c1-4-24-21-23(2)13-14-27(24)26-15-18-34(19-16-26)17-6-5-9-25-10-7-11-28-29(25)22-35(32(28)38)30(12-8-20-36)31(37)33-3/h7,10-11,13-14,20-21,26,30H,4-6,8-9,12,15-19,22H2,1-3H3,(H,33,37). The number of nitrogens with one attached hydrogen (secondary N) is 1. The molecule has 2 aromatic rings. The van der Waals surface area contributed by atoms with Gasteiger partial charge in [-0.2, -0.15) is 0 Å². The number of unbranched alkanes of at least 4 members (excludes halogenated alkanes) is 1. The zero-order chi connectivity index (χ0) is 27.1. The minimum atomic E-state index is -0.616. The van der Waals surface area contributed by atoms with Crippen molar-refractivity contribution in [2.24, 2.45) is 0 Å². The molecule has 4 rings (SSSR count). The van der Waals surface area contributed by atoms with E-state index in [1.807, 2.05) is 12.1 Å². The molecule has 2 heterocycles. The molecule has 0 aromatic heterocycles. The van der Waals surface area contributed by atoms with Gasteiger partial charge in [0.05, 0.1) is 0 Å². The predicted octanol–water partition coefficient (Wildman–Crippen LogP) is 4.81. The van der Waals surface area contributed by atoms with Crippen molar-refractivity contribution < 1.29 is 14.4 Å². The van der Waals surface area contributed by atoms with Gasteiger partial charge in [-0.3, -0.25) is 9.59 Å². The lowest BCUT2D eigenvalue weighted by molar-refractivity contribution is -0.125. The number of carbonyl (C=O) groups is 3. The molecule has 1 fully saturated rings. The first-order valence-corrected chi connectivity index (χ1v) is 14.4. The van der Waals surface area contributed by atoms with Gasteiger partial charge in [-0.05, 0) is 106 Å². The maximum atomic E-state index is 13.1. The van der Waals surface area contributed by atoms with Crippen molar-refractivity contribution in [3.63, 3.8) is 0 Å². The Morgan fingerprint density at radius 3 is 2.63 bits per heavy atom. The molecule has 6 heteroatoms. The Morgan fingerprint density at radius 1 is 1.13 bits per heavy atom. The number of aldehydes is 1. The van der Waals surface area contributed by atoms with Crippen LogP contribution in [0.1, 0.15) is 89.5 Å². The normalized spacial score (nSPS) is 16.9. The summed E-state index contributed by atoms with van der Waals surface area (Å²) < 4.78 is 0. The Labute approximate surface area is 227 Å². The van der Waals surface area contributed by atoms with Crippen LogP contribution in [-0.4, -0.2) is 60.6 Å². The number of nitrogens with zero attached hydrogens (tertiary/aromatic N) is 2. The lowest BCUT2D eigenvalue weighted by Crippen LogP contribution is -2.46. The van der Waals surface area contributed by atoms with Gasteiger partial charge in [0.15, 0.2) is 0 Å². The van der Waals surface area contributed by atoms with Crippen LogP contribution in [0.3, 0.4) is 0 Å². The third kappa shape index (κ3) is 6.35. The van der Waals surface area contributed by atoms with E-state index < -0.39 is 6.04 Å². The summed E-state index contributed by atoms with van der Waals surface area (Å²) in [5, 5.41) is 2.65. The van der Waals surface area contributed by atoms with Crippen LogP contribution in [0, 0.1) is 6.92 Å². The number of fused-ring (bicyclic) bond motifs is 1. The van der Waals surface area contributed by atoms with Gasteiger partial charge in [0, 0.05) is 25.6 Å². The second-order valence-electron chi connectivity index (χ2n) is 10.9. The number of carbonyl (C=O) groups excluding carboxylic acids is 3. The Bertz CT molecular complexity index is 1140. The molecule has 2 aliphatic rings. The van der Waals surface area contributed by atoms with Crippen LogP contribution in [-0.2, 0) is 29.0 Å². The molecule has 0 bridgehead atoms. The fraction of sp³-hybridized carbons (Fsp3) is 0.531. The van der Waals surface area contributed by atoms with E-state index in [9.17, 15) is 14.4 Å². The maximum Gasteiger partial charge on any atom is 0.255 e. The largest absolute Gasteiger partial charge is 0.357 e. The van der Waals surface area contributed by atoms with Crippen molar-refractivity contribution in [3.8, 4) is 0 Å². The monoisotopic (exact) mass is 517 g/mol. The van der Waals surface area contributed by atoms with Gasteiger partial charge < -0.3 is 19.9 Å². The zero-order valence-corrected chi connectivity index (χ0v) is 23.3. The van der Waals surface area contributed by atoms with Crippen molar-refractivity contribution >= 4 is 18.1 Å². The van der Waals surface area contributed by atoms with Crippen LogP contribution in [0.25, 0.3) is 0 Å². The number of likely N-dealkylation sites (tertiary alicyclic amines) is 1. The van der Waals surface area contributed by atoms with Crippen LogP contribution in [0.2, 0.25) is 0 Å². The highest BCUT2D eigenvalue weighted by Gasteiger charge is 2.36. The highest BCUT2D eigenvalue weighted by molar-refractivity contribution is 6.01. The van der Waals surface area contributed by atoms with Crippen molar-refractivity contribution in [3.05, 3.63) is 69.8 Å². The van der Waals surface area contributed by atoms with E-state index in [-0.39, 0.29) is 18.2 Å². The number of rotatable bonds is 12. The SMILES string of the molecule is CCc1cc(C)ccc1C1CCN(CCCCc2cccc3c2CN(C(CCC=O)C(=O)NC)C3=O)CC1. The highest BCUT2D eigenvalue weighted by atomic mass is 16.2. The topological polar surface area (TPSA) is 69.7 Å². The summed E-state index contributed by atoms with van der Waals surface area (Å²) in [6.07, 6.45) is 8.13. The first kappa shape index (κ1) is 28.0. The number of aryl methyl sites for hydroxylation is 3. The molecule has 38 heavy (non-hydrogen) atoms. The van der Waals surface area contributed by atoms with E-state index in [4.69, 9.17) is 0 Å². The second kappa shape index (κ2) is 13.2. The first-order valence-electron chi connectivity index (χ1n) is 14.4. The molecular formula is C32H43N3O3. The Balaban J connectivity index is 1.28. The average molecular weight is 518 g/mol. The molecule has 0 spiro atoms. The van der Waals surface area contributed by atoms with E-state index in [1.54, 1.807) is 17.5 Å². The van der Waals surface area contributed by atoms with E-state index >= 15 is 0 Å². The predicted molar refractivity (Wildman–Crippen MR) is 151 cm³/mol. The van der Waals surface area contributed by atoms with Crippen LogP contribution < -0.4 is 5.32 Å². The molecule has 1 unspecified atom stereocenters. The molecular weight excluding hydrogens is 474 g/mol. The van der Waals surface area contributed by atoms with Crippen molar-refractivity contribution in [1.82, 2.24) is 15.1 Å². The molecule has 0 radical (unpaired) electrons. The van der Waals surface area contributed by atoms with Gasteiger partial charge in [0.1, 0.15) is 12.3 Å². The van der Waals surface area contributed by atoms with Gasteiger partial charge in [-0.15, -0.1) is 0 Å². The molecule has 0 saturated carbocycles. The van der Waals surface area contributed by atoms with E-state index in [0.29, 0.717) is 24.4 Å². The number of amides is 2. The molecule has 2 aliphatic heterocycles. The Morgan fingerprint density at radius 2 is 1.92 bits per heavy atom. The smallest absolute Gasteiger partial charge is 0.255 e. The summed E-state index contributed by atoms with van der Waals surface area (Å²) in [5.74, 6) is 0.356. The lowest BCUT2D eigenvalue weighted by Gasteiger charge is -2.33. The van der Waals surface area contributed by atoms with E-state index in [0.717, 1.165) is 57.2 Å². The maximum absolute atomic E-state index is 13.1. The lowest BCUT2D eigenvalue weighted by atomic mass is 9.85. The Kier molecular flexibility index (Phi) is 9.73. The van der Waals surface area contributed by atoms with Gasteiger partial charge in [-0.1, -0.05) is 42.8 Å². The minimum absolute atomic E-state index is 0.107. The van der Waals surface area contributed by atoms with Crippen molar-refractivity contribution in [2.75, 3.05) is 26.7 Å². The molecule has 204 valence electrons. The van der Waals surface area contributed by atoms with Gasteiger partial charge in [-0.25, -0.2) is 0 Å². The summed E-state index contributed by atoms with van der Waals surface area (Å²) >= 11 is 0. The third-order valence-electron chi connectivity index (χ3n) is 8.45. The van der Waals surface area contributed by atoms with Crippen molar-refractivity contribution in [2.45, 2.75) is 83.7 Å². The fourth-order valence-corrected chi connectivity index (χ4v) is 6.28. The molecule has 2 amide bonds. The van der Waals surface area contributed by atoms with Gasteiger partial charge >= 0.3 is 0 Å². The summed E-state index contributed by atoms with van der Waals surface area (Å²) in [5.41, 5.74) is 7.38. The molecule has 0 aliphatic carbocycles. The quantitative estimate of drug-likeness (QED) is 0.324. The zero-order valence-electron chi connectivity index (χ0n) is 23.3. The minimum Gasteiger partial charge on any atom is -0.357 e. The molecule has 2 aromatic carbocycles. The van der Waals surface area contributed by atoms with Crippen LogP contribution in [0.15, 0.2) is 36.4 Å². The number of piperidine rings is 1. The number of likely N-dealkylation sites (N-methyl/N-ethyl adjacent to an activating group) is 1. The second-order valence-corrected chi connectivity index (χ2v) is 10.9. The van der Waals surface area contributed by atoms with E-state index in [2.05, 4.69) is 48.3 Å². The number of benzene rings is 2. The summed E-state index contributed by atoms with van der Waals surface area (Å²) in [6, 6.07) is 12.3. The fourth-order valence-electron chi connectivity index (χ4n) is 6.28. The van der Waals surface area contributed by atoms with Crippen molar-refractivity contribution in [1.29, 1.82) is 0 Å². The molecule has 6 nitrogen and oxygen atoms in total. The van der Waals surface area contributed by atoms with Gasteiger partial charge in [0.25, 0.3) is 5.91 Å². The summed E-state index contributed by atoms with van der Waals surface area (Å²) in [4.78, 5) is 40.8. The molecule has 1 saturated heterocycles. The summed E-state index contributed by atoms with van der Waals surface area (Å²) in [7, 11) is 1.57. The van der Waals surface area contributed by atoms with Crippen LogP contribution in [0.5, 0.6) is 0 Å². The molecule has 1 N–H and O–H groups in total. The van der Waals surface area contributed by atoms with Gasteiger partial charge in [0.2, 0.25) is 5.91 Å². The third-order valence-corrected chi connectivity index (χ3v) is 8.45.